The fourth-order valence-electron chi connectivity index (χ4n) is 2.22. The van der Waals surface area contributed by atoms with Gasteiger partial charge in [-0.15, -0.1) is 0 Å². The van der Waals surface area contributed by atoms with Crippen molar-refractivity contribution in [1.29, 1.82) is 0 Å². The normalized spacial score (nSPS) is 10.5. The van der Waals surface area contributed by atoms with E-state index >= 15 is 0 Å². The van der Waals surface area contributed by atoms with Crippen molar-refractivity contribution in [3.63, 3.8) is 0 Å². The Kier molecular flexibility index (Phi) is 3.55. The van der Waals surface area contributed by atoms with Crippen LogP contribution in [-0.2, 0) is 6.54 Å². The minimum absolute atomic E-state index is 0.517. The van der Waals surface area contributed by atoms with Crippen molar-refractivity contribution in [2.24, 2.45) is 0 Å². The van der Waals surface area contributed by atoms with Crippen molar-refractivity contribution in [3.05, 3.63) is 65.7 Å². The number of nitrogens with zero attached hydrogens (tertiary/aromatic N) is 4. The maximum absolute atomic E-state index is 11.2. The zero-order valence-corrected chi connectivity index (χ0v) is 11.6. The lowest BCUT2D eigenvalue weighted by atomic mass is 10.1. The minimum atomic E-state index is 0.517. The van der Waals surface area contributed by atoms with Crippen molar-refractivity contribution >= 4 is 6.29 Å². The van der Waals surface area contributed by atoms with Crippen molar-refractivity contribution < 1.29 is 4.79 Å². The van der Waals surface area contributed by atoms with Gasteiger partial charge in [-0.25, -0.2) is 0 Å². The Morgan fingerprint density at radius 3 is 2.90 bits per heavy atom. The number of carbonyl (C=O) groups is 1. The molecule has 2 aromatic heterocycles. The van der Waals surface area contributed by atoms with Crippen LogP contribution in [-0.4, -0.2) is 26.0 Å². The van der Waals surface area contributed by atoms with Crippen molar-refractivity contribution in [2.75, 3.05) is 0 Å². The van der Waals surface area contributed by atoms with Crippen LogP contribution in [0.3, 0.4) is 0 Å². The van der Waals surface area contributed by atoms with Gasteiger partial charge >= 0.3 is 0 Å². The van der Waals surface area contributed by atoms with Crippen LogP contribution in [0.5, 0.6) is 0 Å². The molecule has 0 saturated heterocycles. The van der Waals surface area contributed by atoms with Gasteiger partial charge in [0.15, 0.2) is 6.29 Å². The van der Waals surface area contributed by atoms with E-state index in [-0.39, 0.29) is 0 Å². The van der Waals surface area contributed by atoms with E-state index in [1.54, 1.807) is 29.5 Å². The van der Waals surface area contributed by atoms with Crippen molar-refractivity contribution in [3.8, 4) is 11.4 Å². The number of aromatic nitrogens is 4. The van der Waals surface area contributed by atoms with E-state index in [4.69, 9.17) is 0 Å². The number of hydrogen-bond donors (Lipinski definition) is 0. The summed E-state index contributed by atoms with van der Waals surface area (Å²) in [5.41, 5.74) is 4.02. The van der Waals surface area contributed by atoms with Gasteiger partial charge in [0.05, 0.1) is 18.3 Å². The molecule has 21 heavy (non-hydrogen) atoms. The standard InChI is InChI=1S/C16H14N4O/c1-12-3-2-4-13(7-12)9-20-10-14(11-21)16(19-20)15-8-17-5-6-18-15/h2-8,10-11H,9H2,1H3. The second-order valence-corrected chi connectivity index (χ2v) is 4.83. The molecule has 0 radical (unpaired) electrons. The third kappa shape index (κ3) is 2.86. The van der Waals surface area contributed by atoms with Crippen LogP contribution >= 0.6 is 0 Å². The Morgan fingerprint density at radius 1 is 1.29 bits per heavy atom. The molecule has 2 heterocycles. The minimum Gasteiger partial charge on any atom is -0.298 e. The zero-order chi connectivity index (χ0) is 14.7. The number of aryl methyl sites for hydroxylation is 1. The predicted octanol–water partition coefficient (Wildman–Crippen LogP) is 2.51. The highest BCUT2D eigenvalue weighted by Gasteiger charge is 2.12. The lowest BCUT2D eigenvalue weighted by molar-refractivity contribution is 0.112. The summed E-state index contributed by atoms with van der Waals surface area (Å²) < 4.78 is 1.75. The van der Waals surface area contributed by atoms with Crippen LogP contribution in [0.4, 0.5) is 0 Å². The van der Waals surface area contributed by atoms with Crippen LogP contribution in [0.2, 0.25) is 0 Å². The molecule has 5 heteroatoms. The number of rotatable bonds is 4. The molecule has 104 valence electrons. The van der Waals surface area contributed by atoms with Gasteiger partial charge in [-0.3, -0.25) is 19.4 Å². The van der Waals surface area contributed by atoms with Crippen LogP contribution < -0.4 is 0 Å². The summed E-state index contributed by atoms with van der Waals surface area (Å²) in [4.78, 5) is 19.4. The molecule has 0 saturated carbocycles. The summed E-state index contributed by atoms with van der Waals surface area (Å²) in [7, 11) is 0. The van der Waals surface area contributed by atoms with Crippen LogP contribution in [0.15, 0.2) is 49.1 Å². The molecule has 0 bridgehead atoms. The molecule has 0 aliphatic rings. The van der Waals surface area contributed by atoms with E-state index in [1.165, 1.54) is 5.56 Å². The second-order valence-electron chi connectivity index (χ2n) is 4.83. The monoisotopic (exact) mass is 278 g/mol. The van der Waals surface area contributed by atoms with Crippen LogP contribution in [0, 0.1) is 6.92 Å². The lowest BCUT2D eigenvalue weighted by Crippen LogP contribution is -2.00. The summed E-state index contributed by atoms with van der Waals surface area (Å²) in [5, 5.41) is 4.46. The number of hydrogen-bond acceptors (Lipinski definition) is 4. The number of carbonyl (C=O) groups excluding carboxylic acids is 1. The topological polar surface area (TPSA) is 60.7 Å². The summed E-state index contributed by atoms with van der Waals surface area (Å²) in [6, 6.07) is 8.20. The first-order chi connectivity index (χ1) is 10.3. The summed E-state index contributed by atoms with van der Waals surface area (Å²) in [5.74, 6) is 0. The highest BCUT2D eigenvalue weighted by atomic mass is 16.1. The van der Waals surface area contributed by atoms with Gasteiger partial charge in [0, 0.05) is 18.6 Å². The van der Waals surface area contributed by atoms with E-state index in [9.17, 15) is 4.79 Å². The molecule has 3 rings (SSSR count). The fourth-order valence-corrected chi connectivity index (χ4v) is 2.22. The predicted molar refractivity (Wildman–Crippen MR) is 78.9 cm³/mol. The molecule has 0 aliphatic carbocycles. The highest BCUT2D eigenvalue weighted by Crippen LogP contribution is 2.18. The van der Waals surface area contributed by atoms with Gasteiger partial charge in [-0.05, 0) is 12.5 Å². The summed E-state index contributed by atoms with van der Waals surface area (Å²) in [6.45, 7) is 2.66. The molecule has 0 fully saturated rings. The smallest absolute Gasteiger partial charge is 0.153 e. The second kappa shape index (κ2) is 5.66. The first-order valence-corrected chi connectivity index (χ1v) is 6.61. The summed E-state index contributed by atoms with van der Waals surface area (Å²) in [6.07, 6.45) is 7.31. The molecule has 3 aromatic rings. The third-order valence-corrected chi connectivity index (χ3v) is 3.15. The Bertz CT molecular complexity index is 765. The molecular formula is C16H14N4O. The van der Waals surface area contributed by atoms with Gasteiger partial charge < -0.3 is 0 Å². The molecular weight excluding hydrogens is 264 g/mol. The fraction of sp³-hybridized carbons (Fsp3) is 0.125. The zero-order valence-electron chi connectivity index (χ0n) is 11.6. The van der Waals surface area contributed by atoms with E-state index in [1.807, 2.05) is 12.1 Å². The molecule has 0 amide bonds. The third-order valence-electron chi connectivity index (χ3n) is 3.15. The van der Waals surface area contributed by atoms with Crippen LogP contribution in [0.1, 0.15) is 21.5 Å². The number of aldehydes is 1. The maximum atomic E-state index is 11.2. The Hall–Kier alpha value is -2.82. The Labute approximate surface area is 122 Å². The van der Waals surface area contributed by atoms with E-state index < -0.39 is 0 Å². The van der Waals surface area contributed by atoms with E-state index in [0.29, 0.717) is 23.5 Å². The Balaban J connectivity index is 1.95. The van der Waals surface area contributed by atoms with Gasteiger partial charge in [0.1, 0.15) is 11.4 Å². The molecule has 0 aliphatic heterocycles. The SMILES string of the molecule is Cc1cccc(Cn2cc(C=O)c(-c3cnccn3)n2)c1. The largest absolute Gasteiger partial charge is 0.298 e. The van der Waals surface area contributed by atoms with Crippen molar-refractivity contribution in [1.82, 2.24) is 19.7 Å². The Morgan fingerprint density at radius 2 is 2.19 bits per heavy atom. The molecule has 0 N–H and O–H groups in total. The van der Waals surface area contributed by atoms with Gasteiger partial charge in [-0.2, -0.15) is 5.10 Å². The highest BCUT2D eigenvalue weighted by molar-refractivity contribution is 5.84. The van der Waals surface area contributed by atoms with Crippen molar-refractivity contribution in [2.45, 2.75) is 13.5 Å². The first kappa shape index (κ1) is 13.2. The molecule has 1 aromatic carbocycles. The maximum Gasteiger partial charge on any atom is 0.153 e. The summed E-state index contributed by atoms with van der Waals surface area (Å²) >= 11 is 0. The average Bonchev–Trinajstić information content (AvgIpc) is 2.91. The quantitative estimate of drug-likeness (QED) is 0.688. The number of benzene rings is 1. The van der Waals surface area contributed by atoms with E-state index in [2.05, 4.69) is 34.1 Å². The lowest BCUT2D eigenvalue weighted by Gasteiger charge is -2.02. The molecule has 0 spiro atoms. The van der Waals surface area contributed by atoms with Gasteiger partial charge in [-0.1, -0.05) is 29.8 Å². The van der Waals surface area contributed by atoms with Gasteiger partial charge in [0.2, 0.25) is 0 Å². The molecule has 0 atom stereocenters. The molecule has 5 nitrogen and oxygen atoms in total. The molecule has 0 unspecified atom stereocenters. The average molecular weight is 278 g/mol. The van der Waals surface area contributed by atoms with Crippen LogP contribution in [0.25, 0.3) is 11.4 Å². The van der Waals surface area contributed by atoms with Gasteiger partial charge in [0.25, 0.3) is 0 Å². The first-order valence-electron chi connectivity index (χ1n) is 6.61. The van der Waals surface area contributed by atoms with E-state index in [0.717, 1.165) is 11.8 Å².